The third kappa shape index (κ3) is 6.83. The Morgan fingerprint density at radius 1 is 0.912 bits per heavy atom. The van der Waals surface area contributed by atoms with Gasteiger partial charge < -0.3 is 30.6 Å². The smallest absolute Gasteiger partial charge is 0.408 e. The zero-order valence-electron chi connectivity index (χ0n) is 18.2. The van der Waals surface area contributed by atoms with E-state index in [0.717, 1.165) is 16.5 Å². The molecule has 34 heavy (non-hydrogen) atoms. The molecular formula is C24H25N3O7. The van der Waals surface area contributed by atoms with Crippen LogP contribution < -0.4 is 10.6 Å². The molecule has 0 aliphatic heterocycles. The number of aliphatic carboxylic acids is 2. The van der Waals surface area contributed by atoms with E-state index in [9.17, 15) is 24.3 Å². The van der Waals surface area contributed by atoms with Crippen LogP contribution in [-0.4, -0.2) is 51.2 Å². The number of carboxylic acids is 2. The lowest BCUT2D eigenvalue weighted by Crippen LogP contribution is -2.52. The fraction of sp³-hybridized carbons (Fsp3) is 0.250. The first-order valence-electron chi connectivity index (χ1n) is 10.6. The molecule has 0 fully saturated rings. The van der Waals surface area contributed by atoms with Crippen LogP contribution in [0.4, 0.5) is 4.79 Å². The maximum absolute atomic E-state index is 12.8. The topological polar surface area (TPSA) is 158 Å². The average molecular weight is 467 g/mol. The first-order chi connectivity index (χ1) is 16.3. The summed E-state index contributed by atoms with van der Waals surface area (Å²) < 4.78 is 5.10. The fourth-order valence-corrected chi connectivity index (χ4v) is 3.44. The highest BCUT2D eigenvalue weighted by Crippen LogP contribution is 2.19. The van der Waals surface area contributed by atoms with Gasteiger partial charge in [0.05, 0.1) is 0 Å². The van der Waals surface area contributed by atoms with Crippen LogP contribution in [0.3, 0.4) is 0 Å². The van der Waals surface area contributed by atoms with Crippen molar-refractivity contribution in [2.75, 3.05) is 0 Å². The van der Waals surface area contributed by atoms with Gasteiger partial charge in [0.15, 0.2) is 0 Å². The Balaban J connectivity index is 1.66. The lowest BCUT2D eigenvalue weighted by Gasteiger charge is -2.21. The molecule has 0 aliphatic carbocycles. The lowest BCUT2D eigenvalue weighted by atomic mass is 10.0. The number of carbonyl (C=O) groups is 4. The molecule has 0 spiro atoms. The number of rotatable bonds is 11. The van der Waals surface area contributed by atoms with Gasteiger partial charge in [0.2, 0.25) is 5.91 Å². The van der Waals surface area contributed by atoms with Gasteiger partial charge >= 0.3 is 18.0 Å². The van der Waals surface area contributed by atoms with E-state index in [4.69, 9.17) is 9.84 Å². The summed E-state index contributed by atoms with van der Waals surface area (Å²) in [5.74, 6) is -3.24. The lowest BCUT2D eigenvalue weighted by molar-refractivity contribution is -0.142. The minimum atomic E-state index is -1.29. The Morgan fingerprint density at radius 2 is 1.62 bits per heavy atom. The number of aromatic nitrogens is 1. The van der Waals surface area contributed by atoms with Crippen LogP contribution in [-0.2, 0) is 32.1 Å². The highest BCUT2D eigenvalue weighted by molar-refractivity contribution is 5.90. The minimum Gasteiger partial charge on any atom is -0.481 e. The van der Waals surface area contributed by atoms with Gasteiger partial charge in [-0.05, 0) is 23.6 Å². The van der Waals surface area contributed by atoms with Crippen LogP contribution in [0.5, 0.6) is 0 Å². The third-order valence-electron chi connectivity index (χ3n) is 5.18. The van der Waals surface area contributed by atoms with Crippen molar-refractivity contribution >= 4 is 34.8 Å². The largest absolute Gasteiger partial charge is 0.481 e. The molecule has 10 heteroatoms. The monoisotopic (exact) mass is 467 g/mol. The molecule has 3 rings (SSSR count). The van der Waals surface area contributed by atoms with Crippen molar-refractivity contribution in [2.45, 2.75) is 38.0 Å². The number of nitrogens with one attached hydrogen (secondary N) is 3. The number of aromatic amines is 1. The van der Waals surface area contributed by atoms with Gasteiger partial charge in [-0.25, -0.2) is 9.59 Å². The van der Waals surface area contributed by atoms with Crippen molar-refractivity contribution in [2.24, 2.45) is 0 Å². The van der Waals surface area contributed by atoms with Crippen molar-refractivity contribution in [1.82, 2.24) is 15.6 Å². The van der Waals surface area contributed by atoms with E-state index in [1.807, 2.05) is 30.3 Å². The van der Waals surface area contributed by atoms with Crippen molar-refractivity contribution in [3.8, 4) is 0 Å². The molecule has 5 N–H and O–H groups in total. The summed E-state index contributed by atoms with van der Waals surface area (Å²) >= 11 is 0. The molecule has 2 amide bonds. The number of carboxylic acid groups (broad SMARTS) is 2. The molecule has 2 atom stereocenters. The summed E-state index contributed by atoms with van der Waals surface area (Å²) in [5.41, 5.74) is 2.25. The second kappa shape index (κ2) is 11.5. The number of H-pyrrole nitrogens is 1. The zero-order chi connectivity index (χ0) is 24.5. The van der Waals surface area contributed by atoms with E-state index in [1.165, 1.54) is 0 Å². The van der Waals surface area contributed by atoms with Gasteiger partial charge in [0.25, 0.3) is 0 Å². The maximum atomic E-state index is 12.8. The van der Waals surface area contributed by atoms with Gasteiger partial charge in [0.1, 0.15) is 18.7 Å². The summed E-state index contributed by atoms with van der Waals surface area (Å²) in [7, 11) is 0. The summed E-state index contributed by atoms with van der Waals surface area (Å²) in [6.45, 7) is -0.0434. The van der Waals surface area contributed by atoms with Gasteiger partial charge in [-0.2, -0.15) is 0 Å². The molecular weight excluding hydrogens is 442 g/mol. The summed E-state index contributed by atoms with van der Waals surface area (Å²) in [6, 6.07) is 13.6. The number of para-hydroxylation sites is 1. The van der Waals surface area contributed by atoms with Crippen LogP contribution in [0.25, 0.3) is 10.9 Å². The van der Waals surface area contributed by atoms with Gasteiger partial charge in [0, 0.05) is 29.9 Å². The normalized spacial score (nSPS) is 12.5. The zero-order valence-corrected chi connectivity index (χ0v) is 18.2. The summed E-state index contributed by atoms with van der Waals surface area (Å²) in [6.07, 6.45) is 0.110. The SMILES string of the molecule is O=C(O)CC[C@@H](NC(=O)OCc1ccccc1)C(=O)N[C@H](Cc1c[nH]c2ccccc12)C(=O)O. The van der Waals surface area contributed by atoms with Crippen LogP contribution in [0.15, 0.2) is 60.8 Å². The standard InChI is InChI=1S/C24H25N3O7/c28-21(29)11-10-19(27-24(33)34-14-15-6-2-1-3-7-15)22(30)26-20(23(31)32)12-16-13-25-18-9-5-4-8-17(16)18/h1-9,13,19-20,25H,10-12,14H2,(H,26,30)(H,27,33)(H,28,29)(H,31,32)/t19-,20-/m1/s1. The molecule has 0 bridgehead atoms. The predicted octanol–water partition coefficient (Wildman–Crippen LogP) is 2.44. The number of alkyl carbamates (subject to hydrolysis) is 1. The molecule has 1 aromatic heterocycles. The van der Waals surface area contributed by atoms with Crippen molar-refractivity contribution in [1.29, 1.82) is 0 Å². The van der Waals surface area contributed by atoms with E-state index in [-0.39, 0.29) is 19.4 Å². The predicted molar refractivity (Wildman–Crippen MR) is 122 cm³/mol. The van der Waals surface area contributed by atoms with Crippen molar-refractivity contribution < 1.29 is 34.1 Å². The number of fused-ring (bicyclic) bond motifs is 1. The molecule has 3 aromatic rings. The van der Waals surface area contributed by atoms with Gasteiger partial charge in [-0.3, -0.25) is 9.59 Å². The number of hydrogen-bond acceptors (Lipinski definition) is 5. The van der Waals surface area contributed by atoms with Gasteiger partial charge in [-0.1, -0.05) is 48.5 Å². The third-order valence-corrected chi connectivity index (χ3v) is 5.18. The maximum Gasteiger partial charge on any atom is 0.408 e. The van der Waals surface area contributed by atoms with Crippen molar-refractivity contribution in [3.63, 3.8) is 0 Å². The Morgan fingerprint density at radius 3 is 2.32 bits per heavy atom. The number of ether oxygens (including phenoxy) is 1. The van der Waals surface area contributed by atoms with Crippen LogP contribution in [0.1, 0.15) is 24.0 Å². The summed E-state index contributed by atoms with van der Waals surface area (Å²) in [5, 5.41) is 24.2. The molecule has 178 valence electrons. The van der Waals surface area contributed by atoms with E-state index in [2.05, 4.69) is 15.6 Å². The molecule has 0 saturated heterocycles. The second-order valence-corrected chi connectivity index (χ2v) is 7.65. The quantitative estimate of drug-likeness (QED) is 0.290. The molecule has 2 aromatic carbocycles. The number of benzene rings is 2. The first kappa shape index (κ1) is 24.3. The molecule has 0 aliphatic rings. The summed E-state index contributed by atoms with van der Waals surface area (Å²) in [4.78, 5) is 50.9. The molecule has 0 unspecified atom stereocenters. The van der Waals surface area contributed by atoms with Gasteiger partial charge in [-0.15, -0.1) is 0 Å². The first-order valence-corrected chi connectivity index (χ1v) is 10.6. The Labute approximate surface area is 194 Å². The highest BCUT2D eigenvalue weighted by Gasteiger charge is 2.28. The van der Waals surface area contributed by atoms with Crippen LogP contribution in [0, 0.1) is 0 Å². The van der Waals surface area contributed by atoms with E-state index in [1.54, 1.807) is 30.5 Å². The number of carbonyl (C=O) groups excluding carboxylic acids is 2. The Bertz CT molecular complexity index is 1160. The minimum absolute atomic E-state index is 0.00477. The second-order valence-electron chi connectivity index (χ2n) is 7.65. The highest BCUT2D eigenvalue weighted by atomic mass is 16.5. The van der Waals surface area contributed by atoms with E-state index in [0.29, 0.717) is 5.56 Å². The molecule has 0 radical (unpaired) electrons. The number of amides is 2. The average Bonchev–Trinajstić information content (AvgIpc) is 3.23. The molecule has 1 heterocycles. The Hall–Kier alpha value is -4.34. The molecule has 10 nitrogen and oxygen atoms in total. The molecule has 0 saturated carbocycles. The Kier molecular flexibility index (Phi) is 8.22. The van der Waals surface area contributed by atoms with E-state index < -0.39 is 42.4 Å². The van der Waals surface area contributed by atoms with Crippen molar-refractivity contribution in [3.05, 3.63) is 71.9 Å². The van der Waals surface area contributed by atoms with Crippen LogP contribution in [0.2, 0.25) is 0 Å². The number of hydrogen-bond donors (Lipinski definition) is 5. The van der Waals surface area contributed by atoms with Crippen LogP contribution >= 0.6 is 0 Å². The van der Waals surface area contributed by atoms with E-state index >= 15 is 0 Å². The fourth-order valence-electron chi connectivity index (χ4n) is 3.44.